The monoisotopic (exact) mass is 824 g/mol. The van der Waals surface area contributed by atoms with Gasteiger partial charge in [-0.15, -0.1) is 0 Å². The van der Waals surface area contributed by atoms with E-state index in [1.54, 1.807) is 10.2 Å². The molecule has 5 amide bonds. The number of carbonyl (C=O) groups excluding carboxylic acids is 4. The van der Waals surface area contributed by atoms with Gasteiger partial charge in [-0.25, -0.2) is 23.5 Å². The van der Waals surface area contributed by atoms with Gasteiger partial charge in [-0.1, -0.05) is 0 Å². The largest absolute Gasteiger partial charge is 0.455 e. The molecule has 3 fully saturated rings. The summed E-state index contributed by atoms with van der Waals surface area (Å²) in [5.74, 6) is -3.58. The number of aromatic nitrogens is 2. The molecule has 2 saturated heterocycles. The number of hydrogen-bond acceptors (Lipinski definition) is 10. The Morgan fingerprint density at radius 1 is 0.966 bits per heavy atom. The Balaban J connectivity index is 0.773. The van der Waals surface area contributed by atoms with Gasteiger partial charge in [-0.3, -0.25) is 19.7 Å². The average molecular weight is 825 g/mol. The number of amides is 5. The van der Waals surface area contributed by atoms with E-state index < -0.39 is 53.2 Å². The Bertz CT molecular complexity index is 2270. The lowest BCUT2D eigenvalue weighted by Crippen LogP contribution is -2.52. The van der Waals surface area contributed by atoms with Crippen molar-refractivity contribution in [2.24, 2.45) is 0 Å². The van der Waals surface area contributed by atoms with Crippen LogP contribution in [-0.2, 0) is 20.9 Å². The standard InChI is InChI=1S/C40H41F5N8O6/c1-20-29-15-22(41)16-30(42)34(29)59-33(20)35(40(43,44)45)51-39(57)49-24-17-46-38(47-18-24)48-23-2-5-26(6-3-23)58-27-10-12-52(13-11-27)25-4-7-28-21(14-25)19-53(37(28)56)31-8-9-32(54)50-36(31)55/h4,7,14-18,23,26-27,31,35H,2-3,5-6,8-13,19H2,1H3,(H,46,47,48)(H2,49,51,57)(H,50,54,55)/t23?,26?,31?,35-/m1/s1. The number of nitrogens with one attached hydrogen (secondary N) is 4. The molecule has 0 bridgehead atoms. The molecule has 312 valence electrons. The van der Waals surface area contributed by atoms with Crippen LogP contribution in [0.1, 0.15) is 84.7 Å². The summed E-state index contributed by atoms with van der Waals surface area (Å²) in [6.07, 6.45) is 3.17. The number of halogens is 5. The third kappa shape index (κ3) is 8.51. The molecule has 4 N–H and O–H groups in total. The molecular formula is C40H41F5N8O6. The van der Waals surface area contributed by atoms with Gasteiger partial charge in [0.1, 0.15) is 17.6 Å². The van der Waals surface area contributed by atoms with Crippen LogP contribution in [-0.4, -0.2) is 82.2 Å². The lowest BCUT2D eigenvalue weighted by molar-refractivity contribution is -0.158. The van der Waals surface area contributed by atoms with E-state index in [-0.39, 0.29) is 59.1 Å². The van der Waals surface area contributed by atoms with Crippen molar-refractivity contribution >= 4 is 52.0 Å². The van der Waals surface area contributed by atoms with Crippen LogP contribution in [0.5, 0.6) is 0 Å². The minimum atomic E-state index is -5.03. The predicted molar refractivity (Wildman–Crippen MR) is 202 cm³/mol. The number of nitrogens with zero attached hydrogens (tertiary/aromatic N) is 4. The first-order valence-corrected chi connectivity index (χ1v) is 19.5. The number of aryl methyl sites for hydroxylation is 1. The van der Waals surface area contributed by atoms with Crippen molar-refractivity contribution in [2.45, 2.75) is 101 Å². The van der Waals surface area contributed by atoms with Crippen LogP contribution in [0.15, 0.2) is 47.1 Å². The summed E-state index contributed by atoms with van der Waals surface area (Å²) in [5.41, 5.74) is 1.78. The molecule has 4 aromatic rings. The number of imide groups is 1. The first-order chi connectivity index (χ1) is 28.2. The van der Waals surface area contributed by atoms with E-state index >= 15 is 0 Å². The van der Waals surface area contributed by atoms with Crippen molar-refractivity contribution in [3.8, 4) is 0 Å². The highest BCUT2D eigenvalue weighted by Gasteiger charge is 2.46. The smallest absolute Gasteiger partial charge is 0.416 e. The third-order valence-corrected chi connectivity index (χ3v) is 11.5. The number of fused-ring (bicyclic) bond motifs is 2. The van der Waals surface area contributed by atoms with E-state index in [9.17, 15) is 41.1 Å². The number of benzene rings is 2. The van der Waals surface area contributed by atoms with Crippen LogP contribution >= 0.6 is 0 Å². The van der Waals surface area contributed by atoms with Gasteiger partial charge in [0.05, 0.1) is 30.3 Å². The number of hydrogen-bond donors (Lipinski definition) is 4. The maximum Gasteiger partial charge on any atom is 0.416 e. The molecule has 19 heteroatoms. The minimum absolute atomic E-state index is 0.0225. The molecule has 14 nitrogen and oxygen atoms in total. The summed E-state index contributed by atoms with van der Waals surface area (Å²) in [6, 6.07) is 2.66. The fourth-order valence-corrected chi connectivity index (χ4v) is 8.40. The van der Waals surface area contributed by atoms with Gasteiger partial charge >= 0.3 is 12.2 Å². The molecular weight excluding hydrogens is 783 g/mol. The number of piperidine rings is 2. The van der Waals surface area contributed by atoms with Crippen LogP contribution in [0, 0.1) is 18.6 Å². The van der Waals surface area contributed by atoms with Crippen LogP contribution < -0.4 is 26.2 Å². The molecule has 1 saturated carbocycles. The zero-order valence-corrected chi connectivity index (χ0v) is 31.8. The van der Waals surface area contributed by atoms with E-state index in [2.05, 4.69) is 30.8 Å². The van der Waals surface area contributed by atoms with E-state index in [1.807, 2.05) is 18.2 Å². The van der Waals surface area contributed by atoms with E-state index in [0.29, 0.717) is 24.6 Å². The second-order valence-electron chi connectivity index (χ2n) is 15.4. The summed E-state index contributed by atoms with van der Waals surface area (Å²) >= 11 is 0. The zero-order chi connectivity index (χ0) is 41.6. The molecule has 2 aromatic heterocycles. The SMILES string of the molecule is Cc1c([C@@H](NC(=O)Nc2cnc(NC3CCC(OC4CCN(c5ccc6c(c5)CN(C5CCC(=O)NC5=O)C6=O)CC4)CC3)nc2)C(F)(F)F)oc2c(F)cc(F)cc12. The van der Waals surface area contributed by atoms with Crippen LogP contribution in [0.25, 0.3) is 11.0 Å². The quantitative estimate of drug-likeness (QED) is 0.109. The van der Waals surface area contributed by atoms with Crippen molar-refractivity contribution in [1.82, 2.24) is 25.5 Å². The first-order valence-electron chi connectivity index (χ1n) is 19.5. The minimum Gasteiger partial charge on any atom is -0.455 e. The van der Waals surface area contributed by atoms with Crippen LogP contribution in [0.4, 0.5) is 44.1 Å². The van der Waals surface area contributed by atoms with Gasteiger partial charge in [0.25, 0.3) is 5.91 Å². The summed E-state index contributed by atoms with van der Waals surface area (Å²) in [5, 5.41) is 9.50. The molecule has 1 aliphatic carbocycles. The Labute approximate surface area is 334 Å². The number of carbonyl (C=O) groups is 4. The van der Waals surface area contributed by atoms with Gasteiger partial charge in [-0.05, 0) is 81.7 Å². The van der Waals surface area contributed by atoms with Crippen molar-refractivity contribution in [3.05, 3.63) is 76.8 Å². The number of anilines is 3. The van der Waals surface area contributed by atoms with E-state index in [1.165, 1.54) is 19.3 Å². The highest BCUT2D eigenvalue weighted by atomic mass is 19.4. The molecule has 1 unspecified atom stereocenters. The van der Waals surface area contributed by atoms with Crippen molar-refractivity contribution in [2.75, 3.05) is 28.6 Å². The Morgan fingerprint density at radius 2 is 1.68 bits per heavy atom. The first kappa shape index (κ1) is 40.0. The summed E-state index contributed by atoms with van der Waals surface area (Å²) in [4.78, 5) is 62.0. The topological polar surface area (TPSA) is 171 Å². The molecule has 5 heterocycles. The highest BCUT2D eigenvalue weighted by Crippen LogP contribution is 2.40. The lowest BCUT2D eigenvalue weighted by atomic mass is 9.92. The van der Waals surface area contributed by atoms with Crippen molar-refractivity contribution in [3.63, 3.8) is 0 Å². The van der Waals surface area contributed by atoms with Crippen LogP contribution in [0.3, 0.4) is 0 Å². The number of urea groups is 1. The molecule has 59 heavy (non-hydrogen) atoms. The Kier molecular flexibility index (Phi) is 10.9. The van der Waals surface area contributed by atoms with Gasteiger partial charge < -0.3 is 34.9 Å². The fraction of sp³-hybridized carbons (Fsp3) is 0.450. The summed E-state index contributed by atoms with van der Waals surface area (Å²) in [6.45, 7) is 3.13. The molecule has 4 aliphatic rings. The Morgan fingerprint density at radius 3 is 2.37 bits per heavy atom. The predicted octanol–water partition coefficient (Wildman–Crippen LogP) is 6.40. The van der Waals surface area contributed by atoms with Gasteiger partial charge in [0.15, 0.2) is 17.4 Å². The second-order valence-corrected chi connectivity index (χ2v) is 15.4. The fourth-order valence-electron chi connectivity index (χ4n) is 8.40. The van der Waals surface area contributed by atoms with Gasteiger partial charge in [-0.2, -0.15) is 13.2 Å². The number of rotatable bonds is 9. The van der Waals surface area contributed by atoms with Gasteiger partial charge in [0.2, 0.25) is 17.8 Å². The molecule has 3 aliphatic heterocycles. The number of furan rings is 1. The van der Waals surface area contributed by atoms with E-state index in [0.717, 1.165) is 68.9 Å². The number of alkyl halides is 3. The number of ether oxygens (including phenoxy) is 1. The maximum absolute atomic E-state index is 14.2. The van der Waals surface area contributed by atoms with Crippen LogP contribution in [0.2, 0.25) is 0 Å². The molecule has 2 atom stereocenters. The maximum atomic E-state index is 14.2. The molecule has 2 aromatic carbocycles. The van der Waals surface area contributed by atoms with Gasteiger partial charge in [0, 0.05) is 60.4 Å². The molecule has 0 spiro atoms. The molecule has 8 rings (SSSR count). The molecule has 0 radical (unpaired) electrons. The lowest BCUT2D eigenvalue weighted by Gasteiger charge is -2.37. The second kappa shape index (κ2) is 16.1. The average Bonchev–Trinajstić information content (AvgIpc) is 3.70. The van der Waals surface area contributed by atoms with Crippen molar-refractivity contribution < 1.29 is 50.3 Å². The summed E-state index contributed by atoms with van der Waals surface area (Å²) in [7, 11) is 0. The van der Waals surface area contributed by atoms with E-state index in [4.69, 9.17) is 9.15 Å². The highest BCUT2D eigenvalue weighted by molar-refractivity contribution is 6.05. The zero-order valence-electron chi connectivity index (χ0n) is 31.8. The Hall–Kier alpha value is -5.85. The third-order valence-electron chi connectivity index (χ3n) is 11.5. The normalized spacial score (nSPS) is 22.0. The summed E-state index contributed by atoms with van der Waals surface area (Å²) < 4.78 is 81.8. The van der Waals surface area contributed by atoms with Crippen molar-refractivity contribution in [1.29, 1.82) is 0 Å².